The van der Waals surface area contributed by atoms with E-state index in [1.165, 1.54) is 17.4 Å². The lowest BCUT2D eigenvalue weighted by atomic mass is 9.74. The average Bonchev–Trinajstić information content (AvgIpc) is 2.21. The zero-order chi connectivity index (χ0) is 13.2. The Hall–Kier alpha value is -0.870. The zero-order valence-electron chi connectivity index (χ0n) is 11.0. The second kappa shape index (κ2) is 5.41. The predicted octanol–water partition coefficient (Wildman–Crippen LogP) is 1.88. The summed E-state index contributed by atoms with van der Waals surface area (Å²) in [7, 11) is -2.84. The van der Waals surface area contributed by atoms with Crippen molar-refractivity contribution in [3.8, 4) is 0 Å². The molecule has 1 N–H and O–H groups in total. The minimum absolute atomic E-state index is 0.235. The van der Waals surface area contributed by atoms with E-state index in [9.17, 15) is 8.42 Å². The van der Waals surface area contributed by atoms with Gasteiger partial charge in [-0.05, 0) is 36.8 Å². The molecule has 0 atom stereocenters. The molecule has 0 unspecified atom stereocenters. The van der Waals surface area contributed by atoms with E-state index in [1.54, 1.807) is 0 Å². The van der Waals surface area contributed by atoms with Crippen molar-refractivity contribution in [2.24, 2.45) is 0 Å². The molecule has 1 aliphatic rings. The molecule has 0 aliphatic heterocycles. The first-order chi connectivity index (χ1) is 8.46. The first-order valence-corrected chi connectivity index (χ1v) is 8.48. The zero-order valence-corrected chi connectivity index (χ0v) is 11.8. The van der Waals surface area contributed by atoms with Crippen LogP contribution in [0.3, 0.4) is 0 Å². The Morgan fingerprint density at radius 1 is 1.28 bits per heavy atom. The molecule has 0 spiro atoms. The molecule has 1 aromatic carbocycles. The Labute approximate surface area is 110 Å². The highest BCUT2D eigenvalue weighted by Gasteiger charge is 2.30. The highest BCUT2D eigenvalue weighted by molar-refractivity contribution is 7.90. The monoisotopic (exact) mass is 267 g/mol. The van der Waals surface area contributed by atoms with Gasteiger partial charge in [0.1, 0.15) is 9.84 Å². The number of nitrogens with one attached hydrogen (secondary N) is 1. The molecule has 0 saturated heterocycles. The van der Waals surface area contributed by atoms with Crippen LogP contribution in [0.15, 0.2) is 24.3 Å². The van der Waals surface area contributed by atoms with Crippen molar-refractivity contribution in [2.45, 2.75) is 31.7 Å². The fraction of sp³-hybridized carbons (Fsp3) is 0.571. The van der Waals surface area contributed by atoms with Crippen molar-refractivity contribution >= 4 is 9.84 Å². The summed E-state index contributed by atoms with van der Waals surface area (Å²) < 4.78 is 22.0. The normalized spacial score (nSPS) is 23.7. The first kappa shape index (κ1) is 13.6. The highest BCUT2D eigenvalue weighted by atomic mass is 32.2. The van der Waals surface area contributed by atoms with Gasteiger partial charge in [-0.15, -0.1) is 0 Å². The standard InChI is InChI=1S/C14H21NO2S/c1-11-5-3-4-6-14(11)12-9-13(10-12)15-7-8-18(2,16)17/h3-6,12-13,15H,7-10H2,1-2H3. The summed E-state index contributed by atoms with van der Waals surface area (Å²) >= 11 is 0. The molecule has 2 rings (SSSR count). The van der Waals surface area contributed by atoms with Crippen LogP contribution in [-0.4, -0.2) is 33.0 Å². The molecule has 0 heterocycles. The smallest absolute Gasteiger partial charge is 0.148 e. The van der Waals surface area contributed by atoms with Crippen LogP contribution in [0.1, 0.15) is 29.9 Å². The van der Waals surface area contributed by atoms with Gasteiger partial charge in [-0.3, -0.25) is 0 Å². The third-order valence-corrected chi connectivity index (χ3v) is 4.62. The topological polar surface area (TPSA) is 46.2 Å². The third-order valence-electron chi connectivity index (χ3n) is 3.67. The van der Waals surface area contributed by atoms with E-state index in [0.717, 1.165) is 12.8 Å². The molecule has 0 aromatic heterocycles. The van der Waals surface area contributed by atoms with Gasteiger partial charge in [0.05, 0.1) is 5.75 Å². The number of sulfone groups is 1. The molecule has 3 nitrogen and oxygen atoms in total. The van der Waals surface area contributed by atoms with E-state index in [-0.39, 0.29) is 5.75 Å². The summed E-state index contributed by atoms with van der Waals surface area (Å²) in [4.78, 5) is 0. The number of aryl methyl sites for hydroxylation is 1. The molecule has 0 radical (unpaired) electrons. The van der Waals surface area contributed by atoms with Gasteiger partial charge in [-0.2, -0.15) is 0 Å². The van der Waals surface area contributed by atoms with Crippen LogP contribution in [0.5, 0.6) is 0 Å². The lowest BCUT2D eigenvalue weighted by Crippen LogP contribution is -2.42. The molecule has 1 aliphatic carbocycles. The van der Waals surface area contributed by atoms with E-state index in [1.807, 2.05) is 0 Å². The van der Waals surface area contributed by atoms with Crippen LogP contribution in [0.25, 0.3) is 0 Å². The Kier molecular flexibility index (Phi) is 4.07. The molecule has 1 saturated carbocycles. The van der Waals surface area contributed by atoms with E-state index in [0.29, 0.717) is 18.5 Å². The molecule has 1 aromatic rings. The Morgan fingerprint density at radius 2 is 1.94 bits per heavy atom. The van der Waals surface area contributed by atoms with Crippen molar-refractivity contribution in [3.63, 3.8) is 0 Å². The number of hydrogen-bond acceptors (Lipinski definition) is 3. The number of benzene rings is 1. The van der Waals surface area contributed by atoms with E-state index in [2.05, 4.69) is 36.5 Å². The average molecular weight is 267 g/mol. The minimum atomic E-state index is -2.84. The summed E-state index contributed by atoms with van der Waals surface area (Å²) in [6.45, 7) is 2.73. The van der Waals surface area contributed by atoms with Crippen molar-refractivity contribution in [1.82, 2.24) is 5.32 Å². The molecule has 1 fully saturated rings. The fourth-order valence-electron chi connectivity index (χ4n) is 2.53. The summed E-state index contributed by atoms with van der Waals surface area (Å²) in [6.07, 6.45) is 3.52. The van der Waals surface area contributed by atoms with Crippen LogP contribution >= 0.6 is 0 Å². The van der Waals surface area contributed by atoms with Gasteiger partial charge in [0.25, 0.3) is 0 Å². The summed E-state index contributed by atoms with van der Waals surface area (Å²) in [5.41, 5.74) is 2.80. The van der Waals surface area contributed by atoms with Crippen LogP contribution in [0, 0.1) is 6.92 Å². The molecular weight excluding hydrogens is 246 g/mol. The lowest BCUT2D eigenvalue weighted by Gasteiger charge is -2.37. The van der Waals surface area contributed by atoms with Gasteiger partial charge in [-0.25, -0.2) is 8.42 Å². The molecule has 18 heavy (non-hydrogen) atoms. The maximum absolute atomic E-state index is 11.0. The third kappa shape index (κ3) is 3.56. The maximum atomic E-state index is 11.0. The highest BCUT2D eigenvalue weighted by Crippen LogP contribution is 2.38. The molecule has 4 heteroatoms. The van der Waals surface area contributed by atoms with Gasteiger partial charge >= 0.3 is 0 Å². The molecular formula is C14H21NO2S. The van der Waals surface area contributed by atoms with Crippen LogP contribution < -0.4 is 5.32 Å². The second-order valence-corrected chi connectivity index (χ2v) is 7.57. The molecule has 0 bridgehead atoms. The quantitative estimate of drug-likeness (QED) is 0.886. The van der Waals surface area contributed by atoms with Crippen molar-refractivity contribution in [3.05, 3.63) is 35.4 Å². The van der Waals surface area contributed by atoms with Gasteiger partial charge in [0.15, 0.2) is 0 Å². The fourth-order valence-corrected chi connectivity index (χ4v) is 3.02. The predicted molar refractivity (Wildman–Crippen MR) is 74.7 cm³/mol. The second-order valence-electron chi connectivity index (χ2n) is 5.31. The van der Waals surface area contributed by atoms with E-state index < -0.39 is 9.84 Å². The Morgan fingerprint density at radius 3 is 2.56 bits per heavy atom. The van der Waals surface area contributed by atoms with Gasteiger partial charge < -0.3 is 5.32 Å². The van der Waals surface area contributed by atoms with Crippen LogP contribution in [0.4, 0.5) is 0 Å². The van der Waals surface area contributed by atoms with Gasteiger partial charge in [-0.1, -0.05) is 24.3 Å². The summed E-state index contributed by atoms with van der Waals surface area (Å²) in [5.74, 6) is 0.875. The molecule has 100 valence electrons. The lowest BCUT2D eigenvalue weighted by molar-refractivity contribution is 0.295. The number of hydrogen-bond donors (Lipinski definition) is 1. The van der Waals surface area contributed by atoms with E-state index in [4.69, 9.17) is 0 Å². The van der Waals surface area contributed by atoms with Crippen molar-refractivity contribution < 1.29 is 8.42 Å². The van der Waals surface area contributed by atoms with Crippen molar-refractivity contribution in [2.75, 3.05) is 18.6 Å². The Bertz CT molecular complexity index is 504. The largest absolute Gasteiger partial charge is 0.313 e. The first-order valence-electron chi connectivity index (χ1n) is 6.42. The Balaban J connectivity index is 1.76. The summed E-state index contributed by atoms with van der Waals surface area (Å²) in [6, 6.07) is 9.00. The minimum Gasteiger partial charge on any atom is -0.313 e. The van der Waals surface area contributed by atoms with Crippen LogP contribution in [0.2, 0.25) is 0 Å². The van der Waals surface area contributed by atoms with Crippen molar-refractivity contribution in [1.29, 1.82) is 0 Å². The SMILES string of the molecule is Cc1ccccc1C1CC(NCCS(C)(=O)=O)C1. The maximum Gasteiger partial charge on any atom is 0.148 e. The van der Waals surface area contributed by atoms with E-state index >= 15 is 0 Å². The van der Waals surface area contributed by atoms with Gasteiger partial charge in [0, 0.05) is 18.8 Å². The van der Waals surface area contributed by atoms with Crippen LogP contribution in [-0.2, 0) is 9.84 Å². The van der Waals surface area contributed by atoms with Gasteiger partial charge in [0.2, 0.25) is 0 Å². The molecule has 0 amide bonds. The summed E-state index contributed by atoms with van der Waals surface area (Å²) in [5, 5.41) is 3.32. The number of rotatable bonds is 5.